The van der Waals surface area contributed by atoms with Gasteiger partial charge in [0.05, 0.1) is 18.8 Å². The molecule has 1 aromatic carbocycles. The van der Waals surface area contributed by atoms with E-state index in [9.17, 15) is 9.50 Å². The van der Waals surface area contributed by atoms with E-state index >= 15 is 0 Å². The van der Waals surface area contributed by atoms with Gasteiger partial charge in [-0.15, -0.1) is 0 Å². The summed E-state index contributed by atoms with van der Waals surface area (Å²) in [5, 5.41) is 9.42. The lowest BCUT2D eigenvalue weighted by Crippen LogP contribution is -2.31. The summed E-state index contributed by atoms with van der Waals surface area (Å²) in [6.07, 6.45) is 4.21. The Bertz CT molecular complexity index is 608. The number of halogens is 1. The summed E-state index contributed by atoms with van der Waals surface area (Å²) >= 11 is 0. The van der Waals surface area contributed by atoms with Gasteiger partial charge in [0, 0.05) is 21.3 Å². The lowest BCUT2D eigenvalue weighted by molar-refractivity contribution is 0.0721. The van der Waals surface area contributed by atoms with Crippen LogP contribution in [0.2, 0.25) is 0 Å². The fourth-order valence-electron chi connectivity index (χ4n) is 2.38. The topological polar surface area (TPSA) is 64.7 Å². The molecule has 0 heterocycles. The van der Waals surface area contributed by atoms with Crippen LogP contribution in [-0.4, -0.2) is 45.8 Å². The molecule has 152 valence electrons. The van der Waals surface area contributed by atoms with Crippen molar-refractivity contribution in [2.75, 3.05) is 34.6 Å². The molecule has 3 N–H and O–H groups in total. The Morgan fingerprint density at radius 3 is 2.19 bits per heavy atom. The van der Waals surface area contributed by atoms with E-state index in [-0.39, 0.29) is 6.61 Å². The Morgan fingerprint density at radius 2 is 1.78 bits per heavy atom. The zero-order chi connectivity index (χ0) is 20.8. The van der Waals surface area contributed by atoms with Gasteiger partial charge in [0.2, 0.25) is 0 Å². The Labute approximate surface area is 163 Å². The standard InChI is InChI=1S/C20H28FNO2.C2H6O/c1-5-14(2)18(13-23)7-6-15(3)16-8-10-17(11-9-16)20(24-4)19(22)12-21;1-3-2/h6-11,19-20,23H,3,5,12-13,22H2,1-2,4H3;1-2H3/b7-6-,18-14?;. The molecule has 0 aliphatic heterocycles. The van der Waals surface area contributed by atoms with Crippen LogP contribution in [0.25, 0.3) is 5.57 Å². The maximum absolute atomic E-state index is 12.8. The first-order valence-corrected chi connectivity index (χ1v) is 8.91. The summed E-state index contributed by atoms with van der Waals surface area (Å²) in [5.41, 5.74) is 10.4. The lowest BCUT2D eigenvalue weighted by Gasteiger charge is -2.20. The fraction of sp³-hybridized carbons (Fsp3) is 0.455. The minimum absolute atomic E-state index is 0.0129. The summed E-state index contributed by atoms with van der Waals surface area (Å²) < 4.78 is 22.3. The number of allylic oxidation sites excluding steroid dienone is 3. The summed E-state index contributed by atoms with van der Waals surface area (Å²) in [6, 6.07) is 6.89. The van der Waals surface area contributed by atoms with Crippen LogP contribution in [-0.2, 0) is 9.47 Å². The number of hydrogen-bond acceptors (Lipinski definition) is 4. The number of rotatable bonds is 9. The van der Waals surface area contributed by atoms with E-state index in [4.69, 9.17) is 10.5 Å². The molecule has 0 amide bonds. The first-order chi connectivity index (χ1) is 12.9. The quantitative estimate of drug-likeness (QED) is 0.631. The van der Waals surface area contributed by atoms with E-state index in [0.717, 1.165) is 34.3 Å². The third-order valence-corrected chi connectivity index (χ3v) is 4.17. The second kappa shape index (κ2) is 14.3. The van der Waals surface area contributed by atoms with E-state index in [1.54, 1.807) is 14.2 Å². The molecule has 0 fully saturated rings. The molecule has 0 bridgehead atoms. The van der Waals surface area contributed by atoms with Crippen molar-refractivity contribution in [3.63, 3.8) is 0 Å². The van der Waals surface area contributed by atoms with Gasteiger partial charge < -0.3 is 20.3 Å². The van der Waals surface area contributed by atoms with Gasteiger partial charge in [-0.25, -0.2) is 4.39 Å². The normalized spacial score (nSPS) is 14.2. The fourth-order valence-corrected chi connectivity index (χ4v) is 2.38. The summed E-state index contributed by atoms with van der Waals surface area (Å²) in [5.74, 6) is 0. The zero-order valence-electron chi connectivity index (χ0n) is 17.2. The first-order valence-electron chi connectivity index (χ1n) is 8.91. The highest BCUT2D eigenvalue weighted by molar-refractivity contribution is 5.72. The third-order valence-electron chi connectivity index (χ3n) is 4.17. The highest BCUT2D eigenvalue weighted by Crippen LogP contribution is 2.23. The molecule has 0 spiro atoms. The van der Waals surface area contributed by atoms with E-state index in [0.29, 0.717) is 0 Å². The first kappa shape index (κ1) is 25.2. The van der Waals surface area contributed by atoms with Gasteiger partial charge in [-0.3, -0.25) is 0 Å². The number of hydrogen-bond donors (Lipinski definition) is 2. The smallest absolute Gasteiger partial charge is 0.107 e. The number of nitrogens with two attached hydrogens (primary N) is 1. The molecule has 0 saturated heterocycles. The van der Waals surface area contributed by atoms with Crippen molar-refractivity contribution in [1.82, 2.24) is 0 Å². The average Bonchev–Trinajstić information content (AvgIpc) is 2.69. The summed E-state index contributed by atoms with van der Waals surface area (Å²) in [7, 11) is 4.77. The summed E-state index contributed by atoms with van der Waals surface area (Å²) in [6.45, 7) is 7.49. The van der Waals surface area contributed by atoms with Crippen LogP contribution in [0.5, 0.6) is 0 Å². The number of alkyl halides is 1. The zero-order valence-corrected chi connectivity index (χ0v) is 17.2. The molecule has 1 rings (SSSR count). The predicted molar refractivity (Wildman–Crippen MR) is 111 cm³/mol. The number of benzene rings is 1. The van der Waals surface area contributed by atoms with Crippen molar-refractivity contribution in [2.24, 2.45) is 5.73 Å². The predicted octanol–water partition coefficient (Wildman–Crippen LogP) is 4.22. The van der Waals surface area contributed by atoms with Crippen LogP contribution < -0.4 is 5.73 Å². The maximum Gasteiger partial charge on any atom is 0.107 e. The molecular weight excluding hydrogens is 345 g/mol. The van der Waals surface area contributed by atoms with Crippen LogP contribution in [0, 0.1) is 0 Å². The average molecular weight is 380 g/mol. The maximum atomic E-state index is 12.8. The van der Waals surface area contributed by atoms with Crippen LogP contribution in [0.3, 0.4) is 0 Å². The second-order valence-corrected chi connectivity index (χ2v) is 6.18. The van der Waals surface area contributed by atoms with Crippen molar-refractivity contribution in [3.8, 4) is 0 Å². The molecule has 27 heavy (non-hydrogen) atoms. The van der Waals surface area contributed by atoms with Crippen molar-refractivity contribution in [2.45, 2.75) is 32.4 Å². The molecule has 0 radical (unpaired) electrons. The monoisotopic (exact) mass is 379 g/mol. The highest BCUT2D eigenvalue weighted by Gasteiger charge is 2.19. The largest absolute Gasteiger partial charge is 0.392 e. The molecule has 1 aromatic rings. The Kier molecular flexibility index (Phi) is 13.3. The highest BCUT2D eigenvalue weighted by atomic mass is 19.1. The molecule has 2 atom stereocenters. The molecule has 0 aliphatic rings. The summed E-state index contributed by atoms with van der Waals surface area (Å²) in [4.78, 5) is 0. The van der Waals surface area contributed by atoms with Crippen LogP contribution in [0.1, 0.15) is 37.5 Å². The number of ether oxygens (including phenoxy) is 2. The minimum Gasteiger partial charge on any atom is -0.392 e. The van der Waals surface area contributed by atoms with Crippen LogP contribution >= 0.6 is 0 Å². The molecule has 0 aliphatic carbocycles. The van der Waals surface area contributed by atoms with E-state index in [1.165, 1.54) is 7.11 Å². The van der Waals surface area contributed by atoms with Gasteiger partial charge in [-0.1, -0.05) is 55.5 Å². The number of aliphatic hydroxyl groups is 1. The van der Waals surface area contributed by atoms with Crippen molar-refractivity contribution in [1.29, 1.82) is 0 Å². The van der Waals surface area contributed by atoms with Crippen molar-refractivity contribution >= 4 is 5.57 Å². The SMILES string of the molecule is C=C(/C=C\C(CO)=C(C)CC)c1ccc(C(OC)C(N)CF)cc1.COC. The Hall–Kier alpha value is -1.79. The minimum atomic E-state index is -0.682. The van der Waals surface area contributed by atoms with E-state index in [2.05, 4.69) is 18.2 Å². The Balaban J connectivity index is 0.00000210. The molecule has 0 saturated carbocycles. The third kappa shape index (κ3) is 8.63. The van der Waals surface area contributed by atoms with Gasteiger partial charge >= 0.3 is 0 Å². The van der Waals surface area contributed by atoms with Gasteiger partial charge in [-0.2, -0.15) is 0 Å². The van der Waals surface area contributed by atoms with Crippen molar-refractivity contribution < 1.29 is 19.0 Å². The Morgan fingerprint density at radius 1 is 1.22 bits per heavy atom. The van der Waals surface area contributed by atoms with Gasteiger partial charge in [0.1, 0.15) is 6.67 Å². The van der Waals surface area contributed by atoms with Gasteiger partial charge in [0.15, 0.2) is 0 Å². The van der Waals surface area contributed by atoms with E-state index in [1.807, 2.05) is 43.3 Å². The van der Waals surface area contributed by atoms with Gasteiger partial charge in [-0.05, 0) is 35.6 Å². The molecule has 2 unspecified atom stereocenters. The lowest BCUT2D eigenvalue weighted by atomic mass is 9.98. The second-order valence-electron chi connectivity index (χ2n) is 6.18. The number of aliphatic hydroxyl groups excluding tert-OH is 1. The molecular formula is C22H34FNO3. The molecule has 0 aromatic heterocycles. The molecule has 5 heteroatoms. The van der Waals surface area contributed by atoms with Crippen LogP contribution in [0.15, 0.2) is 54.1 Å². The van der Waals surface area contributed by atoms with E-state index < -0.39 is 18.8 Å². The van der Waals surface area contributed by atoms with Crippen molar-refractivity contribution in [3.05, 3.63) is 65.3 Å². The number of methoxy groups -OCH3 is 2. The van der Waals surface area contributed by atoms with Gasteiger partial charge in [0.25, 0.3) is 0 Å². The van der Waals surface area contributed by atoms with Crippen LogP contribution in [0.4, 0.5) is 4.39 Å². The molecule has 4 nitrogen and oxygen atoms in total.